The number of nitrogens with one attached hydrogen (secondary N) is 2. The number of hydrogen-bond donors (Lipinski definition) is 3. The number of aromatic nitrogens is 6. The molecule has 0 spiro atoms. The van der Waals surface area contributed by atoms with Gasteiger partial charge >= 0.3 is 0 Å². The lowest BCUT2D eigenvalue weighted by Crippen LogP contribution is -2.13. The van der Waals surface area contributed by atoms with Gasteiger partial charge in [0.15, 0.2) is 0 Å². The molecular weight excluding hydrogens is 439 g/mol. The summed E-state index contributed by atoms with van der Waals surface area (Å²) in [6, 6.07) is 12.1. The van der Waals surface area contributed by atoms with Crippen molar-refractivity contribution in [1.29, 1.82) is 5.26 Å². The van der Waals surface area contributed by atoms with Gasteiger partial charge in [0.05, 0.1) is 32.8 Å². The van der Waals surface area contributed by atoms with E-state index in [0.717, 1.165) is 11.4 Å². The number of H-pyrrole nitrogens is 2. The molecule has 0 atom stereocenters. The Kier molecular flexibility index (Phi) is 6.65. The van der Waals surface area contributed by atoms with Crippen LogP contribution in [0.4, 0.5) is 0 Å². The zero-order valence-electron chi connectivity index (χ0n) is 16.4. The van der Waals surface area contributed by atoms with Crippen molar-refractivity contribution in [3.05, 3.63) is 69.2 Å². The summed E-state index contributed by atoms with van der Waals surface area (Å²) < 4.78 is 0. The van der Waals surface area contributed by atoms with Crippen LogP contribution in [0.2, 0.25) is 10.0 Å². The molecule has 1 amide bonds. The minimum Gasteiger partial charge on any atom is -0.364 e. The molecule has 156 valence electrons. The van der Waals surface area contributed by atoms with Crippen LogP contribution in [0.1, 0.15) is 27.6 Å². The minimum absolute atomic E-state index is 0.189. The third-order valence-corrected chi connectivity index (χ3v) is 5.02. The van der Waals surface area contributed by atoms with E-state index >= 15 is 0 Å². The van der Waals surface area contributed by atoms with Gasteiger partial charge in [-0.3, -0.25) is 15.0 Å². The molecule has 9 nitrogen and oxygen atoms in total. The van der Waals surface area contributed by atoms with E-state index in [1.807, 2.05) is 13.0 Å². The maximum atomic E-state index is 11.0. The lowest BCUT2D eigenvalue weighted by molar-refractivity contribution is 0.0995. The van der Waals surface area contributed by atoms with E-state index in [2.05, 4.69) is 30.4 Å². The van der Waals surface area contributed by atoms with Gasteiger partial charge in [-0.1, -0.05) is 35.3 Å². The Hall–Kier alpha value is -3.74. The Morgan fingerprint density at radius 1 is 0.935 bits per heavy atom. The summed E-state index contributed by atoms with van der Waals surface area (Å²) in [4.78, 5) is 19.2. The van der Waals surface area contributed by atoms with E-state index in [0.29, 0.717) is 38.5 Å². The van der Waals surface area contributed by atoms with Gasteiger partial charge in [0, 0.05) is 0 Å². The quantitative estimate of drug-likeness (QED) is 0.427. The molecule has 11 heteroatoms. The van der Waals surface area contributed by atoms with Crippen LogP contribution in [0, 0.1) is 25.2 Å². The van der Waals surface area contributed by atoms with Gasteiger partial charge in [-0.15, -0.1) is 0 Å². The molecule has 0 aromatic carbocycles. The average Bonchev–Trinajstić information content (AvgIpc) is 3.30. The summed E-state index contributed by atoms with van der Waals surface area (Å²) in [5, 5.41) is 23.3. The number of primary amides is 1. The van der Waals surface area contributed by atoms with Crippen LogP contribution in [0.15, 0.2) is 36.4 Å². The lowest BCUT2D eigenvalue weighted by atomic mass is 10.2. The van der Waals surface area contributed by atoms with Crippen molar-refractivity contribution in [3.63, 3.8) is 0 Å². The zero-order chi connectivity index (χ0) is 22.5. The van der Waals surface area contributed by atoms with Crippen molar-refractivity contribution >= 4 is 29.1 Å². The molecule has 4 aromatic rings. The van der Waals surface area contributed by atoms with Crippen molar-refractivity contribution in [3.8, 4) is 28.8 Å². The van der Waals surface area contributed by atoms with Crippen molar-refractivity contribution in [1.82, 2.24) is 30.4 Å². The number of carbonyl (C=O) groups excluding carboxylic acids is 1. The molecule has 0 saturated heterocycles. The van der Waals surface area contributed by atoms with Gasteiger partial charge < -0.3 is 5.73 Å². The highest BCUT2D eigenvalue weighted by atomic mass is 35.5. The number of amides is 1. The number of aryl methyl sites for hydroxylation is 2. The van der Waals surface area contributed by atoms with E-state index in [-0.39, 0.29) is 5.69 Å². The van der Waals surface area contributed by atoms with E-state index < -0.39 is 5.91 Å². The third kappa shape index (κ3) is 4.88. The molecule has 0 aliphatic carbocycles. The van der Waals surface area contributed by atoms with Crippen molar-refractivity contribution in [2.24, 2.45) is 5.73 Å². The first-order valence-corrected chi connectivity index (χ1v) is 9.63. The second kappa shape index (κ2) is 9.38. The third-order valence-electron chi connectivity index (χ3n) is 4.10. The first-order valence-electron chi connectivity index (χ1n) is 8.87. The van der Waals surface area contributed by atoms with Crippen LogP contribution in [0.25, 0.3) is 22.8 Å². The highest BCUT2D eigenvalue weighted by Crippen LogP contribution is 2.27. The lowest BCUT2D eigenvalue weighted by Gasteiger charge is -1.99. The summed E-state index contributed by atoms with van der Waals surface area (Å²) in [7, 11) is 0. The second-order valence-electron chi connectivity index (χ2n) is 6.31. The second-order valence-corrected chi connectivity index (χ2v) is 7.07. The van der Waals surface area contributed by atoms with Crippen LogP contribution < -0.4 is 5.73 Å². The Balaban J connectivity index is 0.000000176. The summed E-state index contributed by atoms with van der Waals surface area (Å²) >= 11 is 12.0. The summed E-state index contributed by atoms with van der Waals surface area (Å²) in [6.45, 7) is 3.63. The molecule has 4 rings (SSSR count). The number of pyridine rings is 2. The molecule has 0 aliphatic rings. The summed E-state index contributed by atoms with van der Waals surface area (Å²) in [5.74, 6) is -0.578. The topological polar surface area (TPSA) is 150 Å². The molecule has 0 aliphatic heterocycles. The number of aromatic amines is 2. The number of nitrogens with two attached hydrogens (primary N) is 1. The Labute approximate surface area is 187 Å². The van der Waals surface area contributed by atoms with Crippen LogP contribution in [0.3, 0.4) is 0 Å². The molecule has 0 radical (unpaired) electrons. The standard InChI is InChI=1S/C10H9ClN4O.C10H7ClN4/c1-5-8(11)9(15-14-5)6-3-2-4-7(13-6)10(12)16;1-6-9(11)10(15-14-6)8-4-2-3-7(5-12)13-8/h2-4H,1H3,(H2,12,16)(H,14,15);2-4H,1H3,(H,14,15). The Bertz CT molecular complexity index is 1290. The van der Waals surface area contributed by atoms with Gasteiger partial charge in [0.25, 0.3) is 5.91 Å². The monoisotopic (exact) mass is 454 g/mol. The van der Waals surface area contributed by atoms with Crippen LogP contribution in [-0.2, 0) is 0 Å². The Morgan fingerprint density at radius 3 is 1.90 bits per heavy atom. The van der Waals surface area contributed by atoms with Crippen molar-refractivity contribution in [2.75, 3.05) is 0 Å². The maximum Gasteiger partial charge on any atom is 0.267 e. The summed E-state index contributed by atoms with van der Waals surface area (Å²) in [5.41, 5.74) is 9.43. The van der Waals surface area contributed by atoms with Crippen molar-refractivity contribution < 1.29 is 4.79 Å². The molecule has 0 unspecified atom stereocenters. The average molecular weight is 455 g/mol. The van der Waals surface area contributed by atoms with E-state index in [1.165, 1.54) is 0 Å². The fraction of sp³-hybridized carbons (Fsp3) is 0.100. The fourth-order valence-electron chi connectivity index (χ4n) is 2.50. The highest BCUT2D eigenvalue weighted by Gasteiger charge is 2.13. The van der Waals surface area contributed by atoms with Gasteiger partial charge in [0.2, 0.25) is 0 Å². The van der Waals surface area contributed by atoms with E-state index in [4.69, 9.17) is 34.2 Å². The molecule has 4 aromatic heterocycles. The number of nitrogens with zero attached hydrogens (tertiary/aromatic N) is 5. The van der Waals surface area contributed by atoms with Crippen LogP contribution >= 0.6 is 23.2 Å². The van der Waals surface area contributed by atoms with Gasteiger partial charge in [-0.25, -0.2) is 9.97 Å². The van der Waals surface area contributed by atoms with Crippen LogP contribution in [-0.4, -0.2) is 36.3 Å². The maximum absolute atomic E-state index is 11.0. The predicted octanol–water partition coefficient (Wildman–Crippen LogP) is 3.84. The number of carbonyl (C=O) groups is 1. The number of halogens is 2. The predicted molar refractivity (Wildman–Crippen MR) is 116 cm³/mol. The first-order chi connectivity index (χ1) is 14.8. The summed E-state index contributed by atoms with van der Waals surface area (Å²) in [6.07, 6.45) is 0. The molecule has 0 fully saturated rings. The fourth-order valence-corrected chi connectivity index (χ4v) is 2.87. The SMILES string of the molecule is Cc1[nH]nc(-c2cccc(C#N)n2)c1Cl.Cc1[nH]nc(-c2cccc(C(N)=O)n2)c1Cl. The normalized spacial score (nSPS) is 10.2. The molecule has 4 N–H and O–H groups in total. The van der Waals surface area contributed by atoms with E-state index in [9.17, 15) is 4.79 Å². The molecule has 0 saturated carbocycles. The minimum atomic E-state index is -0.578. The van der Waals surface area contributed by atoms with Gasteiger partial charge in [-0.2, -0.15) is 15.5 Å². The number of hydrogen-bond acceptors (Lipinski definition) is 6. The molecule has 31 heavy (non-hydrogen) atoms. The number of rotatable bonds is 3. The first kappa shape index (κ1) is 22.0. The Morgan fingerprint density at radius 2 is 1.45 bits per heavy atom. The van der Waals surface area contributed by atoms with Crippen molar-refractivity contribution in [2.45, 2.75) is 13.8 Å². The zero-order valence-corrected chi connectivity index (χ0v) is 18.0. The largest absolute Gasteiger partial charge is 0.364 e. The number of nitriles is 1. The van der Waals surface area contributed by atoms with Gasteiger partial charge in [-0.05, 0) is 38.1 Å². The molecular formula is C20H16Cl2N8O. The van der Waals surface area contributed by atoms with Crippen LogP contribution in [0.5, 0.6) is 0 Å². The molecule has 4 heterocycles. The van der Waals surface area contributed by atoms with Gasteiger partial charge in [0.1, 0.15) is 28.8 Å². The highest BCUT2D eigenvalue weighted by molar-refractivity contribution is 6.34. The molecule has 0 bridgehead atoms. The smallest absolute Gasteiger partial charge is 0.267 e. The van der Waals surface area contributed by atoms with E-state index in [1.54, 1.807) is 43.3 Å².